The molecule has 1 aliphatic heterocycles. The molecule has 1 fully saturated rings. The van der Waals surface area contributed by atoms with Gasteiger partial charge >= 0.3 is 0 Å². The highest BCUT2D eigenvalue weighted by atomic mass is 32.2. The topological polar surface area (TPSA) is 54.5 Å². The van der Waals surface area contributed by atoms with Gasteiger partial charge in [-0.15, -0.1) is 0 Å². The summed E-state index contributed by atoms with van der Waals surface area (Å²) in [4.78, 5) is 21.4. The Kier molecular flexibility index (Phi) is 5.67. The van der Waals surface area contributed by atoms with E-state index >= 15 is 0 Å². The van der Waals surface area contributed by atoms with Crippen LogP contribution in [-0.4, -0.2) is 46.5 Å². The highest BCUT2D eigenvalue weighted by molar-refractivity contribution is 7.98. The summed E-state index contributed by atoms with van der Waals surface area (Å²) in [5.74, 6) is 1.83. The lowest BCUT2D eigenvalue weighted by Gasteiger charge is -2.36. The SMILES string of the molecule is Cc1cccc(N2CCN(C(=O)c3ccc(CSc4nccn4C)o3)CC2)c1C. The Hall–Kier alpha value is -2.67. The molecule has 0 atom stereocenters. The van der Waals surface area contributed by atoms with Gasteiger partial charge < -0.3 is 18.8 Å². The van der Waals surface area contributed by atoms with Crippen molar-refractivity contribution < 1.29 is 9.21 Å². The normalized spacial score (nSPS) is 14.4. The number of nitrogens with zero attached hydrogens (tertiary/aromatic N) is 4. The summed E-state index contributed by atoms with van der Waals surface area (Å²) in [6.07, 6.45) is 3.69. The maximum absolute atomic E-state index is 12.9. The van der Waals surface area contributed by atoms with Crippen molar-refractivity contribution in [1.82, 2.24) is 14.5 Å². The molecule has 7 heteroatoms. The van der Waals surface area contributed by atoms with Gasteiger partial charge in [0, 0.05) is 51.3 Å². The second-order valence-electron chi connectivity index (χ2n) is 7.37. The molecule has 0 aliphatic carbocycles. The summed E-state index contributed by atoms with van der Waals surface area (Å²) in [5.41, 5.74) is 3.88. The fourth-order valence-corrected chi connectivity index (χ4v) is 4.41. The first kappa shape index (κ1) is 19.6. The number of aromatic nitrogens is 2. The van der Waals surface area contributed by atoms with Crippen LogP contribution in [0.15, 0.2) is 52.3 Å². The van der Waals surface area contributed by atoms with E-state index < -0.39 is 0 Å². The molecule has 2 aromatic heterocycles. The standard InChI is InChI=1S/C22H26N4O2S/c1-16-5-4-6-19(17(16)2)25-11-13-26(14-12-25)21(27)20-8-7-18(28-20)15-29-22-23-9-10-24(22)3/h4-10H,11-15H2,1-3H3. The van der Waals surface area contributed by atoms with Crippen LogP contribution in [0.4, 0.5) is 5.69 Å². The van der Waals surface area contributed by atoms with Crippen LogP contribution in [0.5, 0.6) is 0 Å². The van der Waals surface area contributed by atoms with Crippen molar-refractivity contribution in [3.05, 3.63) is 65.4 Å². The van der Waals surface area contributed by atoms with Crippen molar-refractivity contribution in [3.63, 3.8) is 0 Å². The molecule has 0 bridgehead atoms. The predicted molar refractivity (Wildman–Crippen MR) is 116 cm³/mol. The van der Waals surface area contributed by atoms with E-state index in [-0.39, 0.29) is 5.91 Å². The van der Waals surface area contributed by atoms with Crippen LogP contribution in [-0.2, 0) is 12.8 Å². The molecule has 0 spiro atoms. The second-order valence-corrected chi connectivity index (χ2v) is 8.32. The van der Waals surface area contributed by atoms with Crippen LogP contribution in [0.25, 0.3) is 0 Å². The van der Waals surface area contributed by atoms with E-state index in [4.69, 9.17) is 4.42 Å². The number of anilines is 1. The number of aryl methyl sites for hydroxylation is 2. The van der Waals surface area contributed by atoms with Gasteiger partial charge in [0.1, 0.15) is 5.76 Å². The van der Waals surface area contributed by atoms with Crippen LogP contribution in [0.1, 0.15) is 27.4 Å². The van der Waals surface area contributed by atoms with Gasteiger partial charge in [-0.3, -0.25) is 4.79 Å². The first-order valence-corrected chi connectivity index (χ1v) is 10.8. The third kappa shape index (κ3) is 4.19. The van der Waals surface area contributed by atoms with Crippen LogP contribution in [0, 0.1) is 13.8 Å². The van der Waals surface area contributed by atoms with Crippen molar-refractivity contribution in [2.24, 2.45) is 7.05 Å². The molecule has 1 aliphatic rings. The summed E-state index contributed by atoms with van der Waals surface area (Å²) >= 11 is 1.59. The van der Waals surface area contributed by atoms with Crippen LogP contribution in [0.3, 0.4) is 0 Å². The molecule has 1 aromatic carbocycles. The molecule has 0 radical (unpaired) electrons. The highest BCUT2D eigenvalue weighted by Crippen LogP contribution is 2.25. The van der Waals surface area contributed by atoms with Gasteiger partial charge in [-0.1, -0.05) is 23.9 Å². The predicted octanol–water partition coefficient (Wildman–Crippen LogP) is 3.88. The average Bonchev–Trinajstić information content (AvgIpc) is 3.37. The number of thioether (sulfide) groups is 1. The van der Waals surface area contributed by atoms with Gasteiger partial charge in [-0.05, 0) is 43.2 Å². The maximum atomic E-state index is 12.9. The van der Waals surface area contributed by atoms with E-state index in [0.717, 1.165) is 24.0 Å². The number of hydrogen-bond donors (Lipinski definition) is 0. The Morgan fingerprint density at radius 2 is 1.93 bits per heavy atom. The van der Waals surface area contributed by atoms with Gasteiger partial charge in [0.15, 0.2) is 10.9 Å². The van der Waals surface area contributed by atoms with Gasteiger partial charge in [0.2, 0.25) is 0 Å². The quantitative estimate of drug-likeness (QED) is 0.598. The van der Waals surface area contributed by atoms with E-state index in [1.807, 2.05) is 28.8 Å². The monoisotopic (exact) mass is 410 g/mol. The minimum absolute atomic E-state index is 0.0288. The molecule has 3 aromatic rings. The van der Waals surface area contributed by atoms with E-state index in [1.54, 1.807) is 24.0 Å². The Bertz CT molecular complexity index is 1000. The Morgan fingerprint density at radius 1 is 1.14 bits per heavy atom. The van der Waals surface area contributed by atoms with Crippen molar-refractivity contribution >= 4 is 23.4 Å². The molecule has 0 unspecified atom stereocenters. The number of carbonyl (C=O) groups excluding carboxylic acids is 1. The van der Waals surface area contributed by atoms with Crippen LogP contribution >= 0.6 is 11.8 Å². The zero-order valence-corrected chi connectivity index (χ0v) is 17.9. The number of amides is 1. The Labute approximate surface area is 175 Å². The zero-order valence-electron chi connectivity index (χ0n) is 17.1. The molecule has 1 saturated heterocycles. The zero-order chi connectivity index (χ0) is 20.4. The van der Waals surface area contributed by atoms with Crippen molar-refractivity contribution in [2.45, 2.75) is 24.8 Å². The van der Waals surface area contributed by atoms with Gasteiger partial charge in [-0.2, -0.15) is 0 Å². The molecular weight excluding hydrogens is 384 g/mol. The van der Waals surface area contributed by atoms with Crippen molar-refractivity contribution in [2.75, 3.05) is 31.1 Å². The lowest BCUT2D eigenvalue weighted by Crippen LogP contribution is -2.49. The Morgan fingerprint density at radius 3 is 2.66 bits per heavy atom. The van der Waals surface area contributed by atoms with Crippen molar-refractivity contribution in [1.29, 1.82) is 0 Å². The minimum atomic E-state index is -0.0288. The fraction of sp³-hybridized carbons (Fsp3) is 0.364. The fourth-order valence-electron chi connectivity index (χ4n) is 3.58. The molecule has 0 saturated carbocycles. The lowest BCUT2D eigenvalue weighted by molar-refractivity contribution is 0.0713. The molecule has 29 heavy (non-hydrogen) atoms. The molecule has 152 valence electrons. The van der Waals surface area contributed by atoms with E-state index in [2.05, 4.69) is 41.9 Å². The number of benzene rings is 1. The number of imidazole rings is 1. The molecule has 0 N–H and O–H groups in total. The molecular formula is C22H26N4O2S. The number of carbonyl (C=O) groups is 1. The summed E-state index contributed by atoms with van der Waals surface area (Å²) in [5, 5.41) is 0.928. The summed E-state index contributed by atoms with van der Waals surface area (Å²) in [6.45, 7) is 7.36. The highest BCUT2D eigenvalue weighted by Gasteiger charge is 2.25. The average molecular weight is 411 g/mol. The number of furan rings is 1. The number of piperazine rings is 1. The molecule has 1 amide bonds. The molecule has 3 heterocycles. The summed E-state index contributed by atoms with van der Waals surface area (Å²) in [6, 6.07) is 10.1. The van der Waals surface area contributed by atoms with Gasteiger partial charge in [0.05, 0.1) is 5.75 Å². The first-order chi connectivity index (χ1) is 14.0. The number of rotatable bonds is 5. The van der Waals surface area contributed by atoms with Gasteiger partial charge in [0.25, 0.3) is 5.91 Å². The van der Waals surface area contributed by atoms with E-state index in [1.165, 1.54) is 16.8 Å². The van der Waals surface area contributed by atoms with Crippen LogP contribution in [0.2, 0.25) is 0 Å². The van der Waals surface area contributed by atoms with E-state index in [9.17, 15) is 4.79 Å². The third-order valence-corrected chi connectivity index (χ3v) is 6.56. The second kappa shape index (κ2) is 8.37. The minimum Gasteiger partial charge on any atom is -0.455 e. The maximum Gasteiger partial charge on any atom is 0.289 e. The lowest BCUT2D eigenvalue weighted by atomic mass is 10.1. The summed E-state index contributed by atoms with van der Waals surface area (Å²) in [7, 11) is 1.96. The summed E-state index contributed by atoms with van der Waals surface area (Å²) < 4.78 is 7.79. The van der Waals surface area contributed by atoms with Crippen LogP contribution < -0.4 is 4.90 Å². The molecule has 6 nitrogen and oxygen atoms in total. The number of hydrogen-bond acceptors (Lipinski definition) is 5. The van der Waals surface area contributed by atoms with Crippen molar-refractivity contribution in [3.8, 4) is 0 Å². The molecule has 4 rings (SSSR count). The smallest absolute Gasteiger partial charge is 0.289 e. The Balaban J connectivity index is 1.34. The van der Waals surface area contributed by atoms with E-state index in [0.29, 0.717) is 24.6 Å². The first-order valence-electron chi connectivity index (χ1n) is 9.82. The third-order valence-electron chi connectivity index (χ3n) is 5.48. The largest absolute Gasteiger partial charge is 0.455 e. The van der Waals surface area contributed by atoms with Gasteiger partial charge in [-0.25, -0.2) is 4.98 Å².